The Balaban J connectivity index is 1.27. The second-order valence-corrected chi connectivity index (χ2v) is 9.04. The van der Waals surface area contributed by atoms with Crippen molar-refractivity contribution in [1.82, 2.24) is 9.88 Å². The predicted molar refractivity (Wildman–Crippen MR) is 121 cm³/mol. The molecule has 5 rings (SSSR count). The third-order valence-electron chi connectivity index (χ3n) is 6.00. The van der Waals surface area contributed by atoms with Crippen LogP contribution in [-0.4, -0.2) is 41.4 Å². The summed E-state index contributed by atoms with van der Waals surface area (Å²) in [6, 6.07) is 15.7. The average molecular weight is 436 g/mol. The van der Waals surface area contributed by atoms with Crippen molar-refractivity contribution < 1.29 is 14.3 Å². The lowest BCUT2D eigenvalue weighted by atomic mass is 10.0. The number of anilines is 1. The molecule has 3 aromatic rings. The first-order valence-electron chi connectivity index (χ1n) is 10.9. The van der Waals surface area contributed by atoms with Gasteiger partial charge in [-0.3, -0.25) is 9.59 Å². The molecule has 1 unspecified atom stereocenters. The molecule has 0 saturated carbocycles. The average Bonchev–Trinajstić information content (AvgIpc) is 3.26. The van der Waals surface area contributed by atoms with Gasteiger partial charge in [0.2, 0.25) is 11.8 Å². The molecule has 3 heterocycles. The van der Waals surface area contributed by atoms with E-state index < -0.39 is 0 Å². The van der Waals surface area contributed by atoms with Crippen LogP contribution >= 0.6 is 11.3 Å². The second-order valence-electron chi connectivity index (χ2n) is 7.98. The summed E-state index contributed by atoms with van der Waals surface area (Å²) in [4.78, 5) is 34.5. The van der Waals surface area contributed by atoms with E-state index in [4.69, 9.17) is 9.72 Å². The third-order valence-corrected chi connectivity index (χ3v) is 7.14. The van der Waals surface area contributed by atoms with Gasteiger partial charge in [0, 0.05) is 19.4 Å². The molecule has 2 aliphatic heterocycles. The van der Waals surface area contributed by atoms with Crippen molar-refractivity contribution in [3.63, 3.8) is 0 Å². The zero-order chi connectivity index (χ0) is 21.2. The number of hydrogen-bond donors (Lipinski definition) is 0. The molecule has 2 amide bonds. The summed E-state index contributed by atoms with van der Waals surface area (Å²) in [6.45, 7) is 1.72. The fourth-order valence-electron chi connectivity index (χ4n) is 4.44. The molecule has 31 heavy (non-hydrogen) atoms. The number of nitrogens with zero attached hydrogens (tertiary/aromatic N) is 3. The molecule has 0 bridgehead atoms. The fourth-order valence-corrected chi connectivity index (χ4v) is 5.56. The highest BCUT2D eigenvalue weighted by molar-refractivity contribution is 7.18. The van der Waals surface area contributed by atoms with Crippen LogP contribution in [0.15, 0.2) is 48.5 Å². The molecule has 1 aromatic heterocycles. The number of carbonyl (C=O) groups excluding carboxylic acids is 2. The Morgan fingerprint density at radius 3 is 2.71 bits per heavy atom. The predicted octanol–water partition coefficient (Wildman–Crippen LogP) is 4.56. The number of likely N-dealkylation sites (tertiary alicyclic amines) is 1. The van der Waals surface area contributed by atoms with Crippen LogP contribution in [0.25, 0.3) is 10.2 Å². The van der Waals surface area contributed by atoms with E-state index in [2.05, 4.69) is 6.07 Å². The van der Waals surface area contributed by atoms with E-state index in [1.165, 1.54) is 0 Å². The van der Waals surface area contributed by atoms with Gasteiger partial charge in [0.1, 0.15) is 17.4 Å². The summed E-state index contributed by atoms with van der Waals surface area (Å²) in [5.74, 6) is 0.733. The van der Waals surface area contributed by atoms with Crippen molar-refractivity contribution in [2.24, 2.45) is 0 Å². The minimum Gasteiger partial charge on any atom is -0.490 e. The molecular formula is C24H25N3O3S. The molecule has 6 nitrogen and oxygen atoms in total. The maximum absolute atomic E-state index is 13.1. The number of rotatable bonds is 4. The first-order chi connectivity index (χ1) is 15.2. The number of benzene rings is 2. The number of ether oxygens (including phenoxy) is 1. The van der Waals surface area contributed by atoms with Gasteiger partial charge in [-0.15, -0.1) is 11.3 Å². The maximum Gasteiger partial charge on any atom is 0.227 e. The Labute approximate surface area is 185 Å². The van der Waals surface area contributed by atoms with Gasteiger partial charge in [-0.05, 0) is 43.5 Å². The molecule has 2 aliphatic rings. The van der Waals surface area contributed by atoms with Gasteiger partial charge in [0.05, 0.1) is 28.5 Å². The normalized spacial score (nSPS) is 18.5. The zero-order valence-electron chi connectivity index (χ0n) is 17.3. The monoisotopic (exact) mass is 435 g/mol. The summed E-state index contributed by atoms with van der Waals surface area (Å²) in [6.07, 6.45) is 3.44. The van der Waals surface area contributed by atoms with E-state index in [9.17, 15) is 9.59 Å². The fraction of sp³-hybridized carbons (Fsp3) is 0.375. The van der Waals surface area contributed by atoms with E-state index in [1.54, 1.807) is 16.2 Å². The number of carbonyl (C=O) groups is 2. The number of piperidine rings is 1. The third kappa shape index (κ3) is 4.02. The van der Waals surface area contributed by atoms with Gasteiger partial charge >= 0.3 is 0 Å². The van der Waals surface area contributed by atoms with Gasteiger partial charge in [-0.25, -0.2) is 4.98 Å². The van der Waals surface area contributed by atoms with E-state index in [-0.39, 0.29) is 30.7 Å². The van der Waals surface area contributed by atoms with Crippen molar-refractivity contribution >= 4 is 39.1 Å². The first-order valence-corrected chi connectivity index (χ1v) is 11.7. The van der Waals surface area contributed by atoms with Crippen LogP contribution in [0.4, 0.5) is 5.69 Å². The first kappa shape index (κ1) is 20.0. The summed E-state index contributed by atoms with van der Waals surface area (Å²) >= 11 is 1.67. The minimum atomic E-state index is -0.0300. The van der Waals surface area contributed by atoms with Crippen LogP contribution in [0.5, 0.6) is 5.75 Å². The van der Waals surface area contributed by atoms with Gasteiger partial charge in [-0.2, -0.15) is 0 Å². The quantitative estimate of drug-likeness (QED) is 0.603. The highest BCUT2D eigenvalue weighted by Gasteiger charge is 2.31. The Morgan fingerprint density at radius 1 is 1.00 bits per heavy atom. The molecule has 0 aliphatic carbocycles. The summed E-state index contributed by atoms with van der Waals surface area (Å²) in [5, 5.41) is 1.00. The lowest BCUT2D eigenvalue weighted by Crippen LogP contribution is -2.40. The summed E-state index contributed by atoms with van der Waals surface area (Å²) in [7, 11) is 0. The standard InChI is InChI=1S/C24H25N3O3S/c28-22(12-13-23(29)27-15-16-30-20-10-3-2-8-18(20)27)26-14-6-5-9-19(26)24-25-17-7-1-4-11-21(17)31-24/h1-4,7-8,10-11,19H,5-6,9,12-16H2. The number of fused-ring (bicyclic) bond motifs is 2. The molecule has 7 heteroatoms. The number of thiazole rings is 1. The maximum atomic E-state index is 13.1. The smallest absolute Gasteiger partial charge is 0.227 e. The highest BCUT2D eigenvalue weighted by Crippen LogP contribution is 2.36. The lowest BCUT2D eigenvalue weighted by molar-refractivity contribution is -0.136. The van der Waals surface area contributed by atoms with Crippen LogP contribution in [0.1, 0.15) is 43.2 Å². The molecule has 2 aromatic carbocycles. The van der Waals surface area contributed by atoms with Crippen LogP contribution < -0.4 is 9.64 Å². The van der Waals surface area contributed by atoms with E-state index >= 15 is 0 Å². The molecule has 1 fully saturated rings. The van der Waals surface area contributed by atoms with Crippen molar-refractivity contribution in [2.75, 3.05) is 24.6 Å². The van der Waals surface area contributed by atoms with Crippen molar-refractivity contribution in [1.29, 1.82) is 0 Å². The van der Waals surface area contributed by atoms with Crippen molar-refractivity contribution in [3.8, 4) is 5.75 Å². The van der Waals surface area contributed by atoms with E-state index in [0.29, 0.717) is 13.2 Å². The van der Waals surface area contributed by atoms with Gasteiger partial charge < -0.3 is 14.5 Å². The second kappa shape index (κ2) is 8.67. The molecule has 0 spiro atoms. The van der Waals surface area contributed by atoms with Crippen molar-refractivity contribution in [2.45, 2.75) is 38.1 Å². The zero-order valence-corrected chi connectivity index (χ0v) is 18.1. The number of aromatic nitrogens is 1. The minimum absolute atomic E-state index is 0.0119. The molecule has 0 N–H and O–H groups in total. The number of para-hydroxylation sites is 3. The van der Waals surface area contributed by atoms with E-state index in [0.717, 1.165) is 52.5 Å². The van der Waals surface area contributed by atoms with Crippen LogP contribution in [0.3, 0.4) is 0 Å². The number of amides is 2. The Bertz CT molecular complexity index is 1080. The Hall–Kier alpha value is -2.93. The largest absolute Gasteiger partial charge is 0.490 e. The van der Waals surface area contributed by atoms with Gasteiger partial charge in [0.25, 0.3) is 0 Å². The van der Waals surface area contributed by atoms with Gasteiger partial charge in [0.15, 0.2) is 0 Å². The molecule has 1 atom stereocenters. The van der Waals surface area contributed by atoms with Crippen molar-refractivity contribution in [3.05, 3.63) is 53.5 Å². The molecule has 160 valence electrons. The molecule has 0 radical (unpaired) electrons. The topological polar surface area (TPSA) is 62.7 Å². The molecular weight excluding hydrogens is 410 g/mol. The van der Waals surface area contributed by atoms with Gasteiger partial charge in [-0.1, -0.05) is 24.3 Å². The Kier molecular flexibility index (Phi) is 5.59. The lowest BCUT2D eigenvalue weighted by Gasteiger charge is -2.35. The number of hydrogen-bond acceptors (Lipinski definition) is 5. The van der Waals surface area contributed by atoms with Crippen LogP contribution in [0, 0.1) is 0 Å². The SMILES string of the molecule is O=C(CCC(=O)N1CCCCC1c1nc2ccccc2s1)N1CCOc2ccccc21. The van der Waals surface area contributed by atoms with E-state index in [1.807, 2.05) is 47.4 Å². The Morgan fingerprint density at radius 2 is 1.81 bits per heavy atom. The summed E-state index contributed by atoms with van der Waals surface area (Å²) < 4.78 is 6.79. The highest BCUT2D eigenvalue weighted by atomic mass is 32.1. The molecule has 1 saturated heterocycles. The van der Waals surface area contributed by atoms with Crippen LogP contribution in [-0.2, 0) is 9.59 Å². The van der Waals surface area contributed by atoms with Crippen LogP contribution in [0.2, 0.25) is 0 Å². The summed E-state index contributed by atoms with van der Waals surface area (Å²) in [5.41, 5.74) is 1.78.